The molecule has 1 aliphatic heterocycles. The molecular weight excluding hydrogens is 337 g/mol. The first-order valence-corrected chi connectivity index (χ1v) is 7.96. The van der Waals surface area contributed by atoms with Crippen molar-refractivity contribution in [2.45, 2.75) is 12.3 Å². The Balaban J connectivity index is 1.77. The third-order valence-electron chi connectivity index (χ3n) is 4.27. The minimum absolute atomic E-state index is 0.0507. The zero-order chi connectivity index (χ0) is 18.1. The summed E-state index contributed by atoms with van der Waals surface area (Å²) in [6.45, 7) is 0. The number of aldehydes is 1. The molecule has 0 amide bonds. The number of fused-ring (bicyclic) bond motifs is 1. The number of nitrogens with one attached hydrogen (secondary N) is 1. The van der Waals surface area contributed by atoms with E-state index in [4.69, 9.17) is 4.74 Å². The van der Waals surface area contributed by atoms with Crippen molar-refractivity contribution in [2.24, 2.45) is 0 Å². The van der Waals surface area contributed by atoms with Crippen LogP contribution in [0.3, 0.4) is 0 Å². The molecule has 0 bridgehead atoms. The van der Waals surface area contributed by atoms with E-state index in [0.717, 1.165) is 11.1 Å². The van der Waals surface area contributed by atoms with Crippen LogP contribution >= 0.6 is 0 Å². The second-order valence-corrected chi connectivity index (χ2v) is 5.89. The summed E-state index contributed by atoms with van der Waals surface area (Å²) in [5.41, 5.74) is 2.28. The van der Waals surface area contributed by atoms with E-state index in [1.165, 1.54) is 18.5 Å². The Hall–Kier alpha value is -3.48. The number of hydrogen-bond acceptors (Lipinski definition) is 5. The first-order valence-electron chi connectivity index (χ1n) is 7.96. The number of carbonyl (C=O) groups is 1. The van der Waals surface area contributed by atoms with Crippen LogP contribution < -0.4 is 4.74 Å². The van der Waals surface area contributed by atoms with Crippen LogP contribution in [0.4, 0.5) is 4.39 Å². The van der Waals surface area contributed by atoms with Gasteiger partial charge in [-0.25, -0.2) is 9.37 Å². The number of carbonyl (C=O) groups excluding carboxylic acids is 1. The molecule has 1 aromatic heterocycles. The van der Waals surface area contributed by atoms with Crippen molar-refractivity contribution in [1.82, 2.24) is 15.2 Å². The van der Waals surface area contributed by atoms with Crippen LogP contribution in [0.25, 0.3) is 5.76 Å². The van der Waals surface area contributed by atoms with E-state index < -0.39 is 5.92 Å². The summed E-state index contributed by atoms with van der Waals surface area (Å²) in [5.74, 6) is -0.754. The predicted molar refractivity (Wildman–Crippen MR) is 91.0 cm³/mol. The Labute approximate surface area is 148 Å². The summed E-state index contributed by atoms with van der Waals surface area (Å²) < 4.78 is 18.9. The molecule has 3 aromatic rings. The zero-order valence-electron chi connectivity index (χ0n) is 13.5. The normalized spacial score (nSPS) is 16.1. The van der Waals surface area contributed by atoms with Crippen LogP contribution in [0.15, 0.2) is 54.6 Å². The van der Waals surface area contributed by atoms with Gasteiger partial charge in [0.25, 0.3) is 0 Å². The molecule has 0 fully saturated rings. The monoisotopic (exact) mass is 351 g/mol. The van der Waals surface area contributed by atoms with Gasteiger partial charge in [-0.15, -0.1) is 0 Å². The number of rotatable bonds is 4. The van der Waals surface area contributed by atoms with Crippen LogP contribution in [0.2, 0.25) is 0 Å². The van der Waals surface area contributed by atoms with E-state index in [1.54, 1.807) is 24.3 Å². The zero-order valence-corrected chi connectivity index (χ0v) is 13.5. The van der Waals surface area contributed by atoms with Crippen LogP contribution in [0, 0.1) is 5.82 Å². The fourth-order valence-corrected chi connectivity index (χ4v) is 3.06. The van der Waals surface area contributed by atoms with Gasteiger partial charge < -0.3 is 14.6 Å². The lowest BCUT2D eigenvalue weighted by Crippen LogP contribution is -2.18. The smallest absolute Gasteiger partial charge is 0.220 e. The number of aromatic nitrogens is 3. The van der Waals surface area contributed by atoms with E-state index in [-0.39, 0.29) is 23.2 Å². The molecule has 1 unspecified atom stereocenters. The number of allylic oxidation sites excluding steroid dienone is 1. The summed E-state index contributed by atoms with van der Waals surface area (Å²) in [6, 6.07) is 11.5. The van der Waals surface area contributed by atoms with Crippen LogP contribution in [0.5, 0.6) is 5.75 Å². The lowest BCUT2D eigenvalue weighted by molar-refractivity contribution is -0.109. The highest BCUT2D eigenvalue weighted by atomic mass is 19.1. The highest BCUT2D eigenvalue weighted by Crippen LogP contribution is 2.41. The van der Waals surface area contributed by atoms with Crippen LogP contribution in [-0.2, 0) is 11.2 Å². The van der Waals surface area contributed by atoms with E-state index in [1.807, 2.05) is 6.07 Å². The van der Waals surface area contributed by atoms with Gasteiger partial charge in [-0.3, -0.25) is 5.10 Å². The molecule has 4 rings (SSSR count). The lowest BCUT2D eigenvalue weighted by Gasteiger charge is -2.25. The van der Waals surface area contributed by atoms with Gasteiger partial charge in [0.15, 0.2) is 5.76 Å². The number of halogens is 1. The fourth-order valence-electron chi connectivity index (χ4n) is 3.06. The Bertz CT molecular complexity index is 982. The number of benzene rings is 2. The van der Waals surface area contributed by atoms with Crippen molar-refractivity contribution in [3.05, 3.63) is 82.9 Å². The molecule has 1 atom stereocenters. The predicted octanol–water partition coefficient (Wildman–Crippen LogP) is 3.14. The van der Waals surface area contributed by atoms with Crippen molar-refractivity contribution in [3.8, 4) is 5.75 Å². The Morgan fingerprint density at radius 3 is 2.73 bits per heavy atom. The van der Waals surface area contributed by atoms with Crippen molar-refractivity contribution in [3.63, 3.8) is 0 Å². The van der Waals surface area contributed by atoms with Gasteiger partial charge in [0.05, 0.1) is 0 Å². The summed E-state index contributed by atoms with van der Waals surface area (Å²) in [6.07, 6.45) is 2.49. The molecule has 26 heavy (non-hydrogen) atoms. The molecule has 0 saturated carbocycles. The molecule has 130 valence electrons. The number of H-pyrrole nitrogens is 1. The number of aromatic amines is 1. The molecule has 6 nitrogen and oxygen atoms in total. The summed E-state index contributed by atoms with van der Waals surface area (Å²) in [7, 11) is 0. The largest absolute Gasteiger partial charge is 0.507 e. The van der Waals surface area contributed by atoms with Crippen LogP contribution in [0.1, 0.15) is 28.4 Å². The molecule has 0 saturated heterocycles. The average Bonchev–Trinajstić information content (AvgIpc) is 3.18. The Morgan fingerprint density at radius 2 is 2.04 bits per heavy atom. The Morgan fingerprint density at radius 1 is 1.23 bits per heavy atom. The van der Waals surface area contributed by atoms with Gasteiger partial charge in [-0.2, -0.15) is 5.10 Å². The molecule has 0 aliphatic carbocycles. The number of ether oxygens (including phenoxy) is 1. The third-order valence-corrected chi connectivity index (χ3v) is 4.27. The summed E-state index contributed by atoms with van der Waals surface area (Å²) in [4.78, 5) is 15.7. The topological polar surface area (TPSA) is 88.1 Å². The van der Waals surface area contributed by atoms with Crippen LogP contribution in [-0.4, -0.2) is 26.6 Å². The van der Waals surface area contributed by atoms with Gasteiger partial charge in [0.1, 0.15) is 30.1 Å². The highest BCUT2D eigenvalue weighted by Gasteiger charge is 2.33. The maximum absolute atomic E-state index is 13.1. The number of aliphatic hydroxyl groups excluding tert-OH is 1. The van der Waals surface area contributed by atoms with Crippen molar-refractivity contribution in [2.75, 3.05) is 0 Å². The maximum atomic E-state index is 13.1. The molecule has 2 aromatic carbocycles. The second-order valence-electron chi connectivity index (χ2n) is 5.89. The first-order chi connectivity index (χ1) is 12.7. The third kappa shape index (κ3) is 2.73. The maximum Gasteiger partial charge on any atom is 0.220 e. The van der Waals surface area contributed by atoms with Gasteiger partial charge in [0, 0.05) is 5.56 Å². The van der Waals surface area contributed by atoms with Gasteiger partial charge in [0.2, 0.25) is 11.6 Å². The quantitative estimate of drug-likeness (QED) is 0.705. The SMILES string of the molecule is O=CC1C(O)=C(c2nc[nH]n2)Oc2cccc(Cc3ccc(F)cc3)c21. The molecule has 2 N–H and O–H groups in total. The standard InChI is InChI=1S/C19H14FN3O3/c20-13-6-4-11(5-7-13)8-12-2-1-3-15-16(12)14(9-24)17(25)18(26-15)19-21-10-22-23-19/h1-7,9-10,14,25H,8H2,(H,21,22,23). The molecule has 0 radical (unpaired) electrons. The number of nitrogens with zero attached hydrogens (tertiary/aromatic N) is 2. The minimum atomic E-state index is -0.885. The first kappa shape index (κ1) is 16.0. The second kappa shape index (κ2) is 6.44. The highest BCUT2D eigenvalue weighted by molar-refractivity contribution is 5.78. The van der Waals surface area contributed by atoms with Crippen molar-refractivity contribution in [1.29, 1.82) is 0 Å². The Kier molecular flexibility index (Phi) is 3.96. The average molecular weight is 351 g/mol. The van der Waals surface area contributed by atoms with Crippen molar-refractivity contribution >= 4 is 12.0 Å². The van der Waals surface area contributed by atoms with E-state index in [2.05, 4.69) is 15.2 Å². The van der Waals surface area contributed by atoms with Gasteiger partial charge in [-0.05, 0) is 35.7 Å². The number of aliphatic hydroxyl groups is 1. The van der Waals surface area contributed by atoms with Gasteiger partial charge in [-0.1, -0.05) is 24.3 Å². The van der Waals surface area contributed by atoms with E-state index in [0.29, 0.717) is 24.0 Å². The van der Waals surface area contributed by atoms with E-state index in [9.17, 15) is 14.3 Å². The molecule has 1 aliphatic rings. The lowest BCUT2D eigenvalue weighted by atomic mass is 9.87. The van der Waals surface area contributed by atoms with Gasteiger partial charge >= 0.3 is 0 Å². The van der Waals surface area contributed by atoms with E-state index >= 15 is 0 Å². The number of hydrogen-bond donors (Lipinski definition) is 2. The fraction of sp³-hybridized carbons (Fsp3) is 0.105. The summed E-state index contributed by atoms with van der Waals surface area (Å²) in [5, 5.41) is 17.0. The molecule has 0 spiro atoms. The summed E-state index contributed by atoms with van der Waals surface area (Å²) >= 11 is 0. The molecule has 7 heteroatoms. The molecule has 2 heterocycles. The van der Waals surface area contributed by atoms with Crippen molar-refractivity contribution < 1.29 is 19.0 Å². The molecular formula is C19H14FN3O3. The minimum Gasteiger partial charge on any atom is -0.507 e.